The first-order valence-corrected chi connectivity index (χ1v) is 12.9. The zero-order chi connectivity index (χ0) is 23.0. The van der Waals surface area contributed by atoms with Gasteiger partial charge in [0.25, 0.3) is 0 Å². The molecule has 1 nitrogen and oxygen atoms in total. The van der Waals surface area contributed by atoms with Gasteiger partial charge in [0.05, 0.1) is 11.8 Å². The molecule has 166 valence electrons. The van der Waals surface area contributed by atoms with Crippen molar-refractivity contribution in [3.63, 3.8) is 0 Å². The van der Waals surface area contributed by atoms with Crippen LogP contribution in [-0.4, -0.2) is 5.78 Å². The number of benzene rings is 4. The normalized spacial score (nSPS) is 22.4. The Kier molecular flexibility index (Phi) is 3.24. The van der Waals surface area contributed by atoms with Gasteiger partial charge in [0.15, 0.2) is 5.78 Å². The molecule has 5 aliphatic carbocycles. The molecule has 1 heteroatoms. The summed E-state index contributed by atoms with van der Waals surface area (Å²) in [5, 5.41) is 2.75. The summed E-state index contributed by atoms with van der Waals surface area (Å²) in [6, 6.07) is 24.6. The number of allylic oxidation sites excluding steroid dienone is 4. The maximum Gasteiger partial charge on any atom is 0.156 e. The maximum atomic E-state index is 14.9. The minimum absolute atomic E-state index is 0.145. The van der Waals surface area contributed by atoms with E-state index in [0.29, 0.717) is 5.78 Å². The monoisotopic (exact) mass is 448 g/mol. The SMILES string of the molecule is Cc1cc2c3c4c5c(ccc14)CC1=C(c4ccccc4C1)C5C(=O)C3C1=C(Cc3ccccc31)C2. The topological polar surface area (TPSA) is 17.1 Å². The molecule has 4 aromatic carbocycles. The summed E-state index contributed by atoms with van der Waals surface area (Å²) in [7, 11) is 0. The van der Waals surface area contributed by atoms with Crippen LogP contribution in [-0.2, 0) is 30.5 Å². The first-order valence-electron chi connectivity index (χ1n) is 12.9. The van der Waals surface area contributed by atoms with Gasteiger partial charge in [0.1, 0.15) is 0 Å². The van der Waals surface area contributed by atoms with Crippen molar-refractivity contribution >= 4 is 27.7 Å². The molecule has 35 heavy (non-hydrogen) atoms. The fourth-order valence-corrected chi connectivity index (χ4v) is 8.24. The molecule has 0 saturated carbocycles. The van der Waals surface area contributed by atoms with E-state index in [1.807, 2.05) is 0 Å². The van der Waals surface area contributed by atoms with E-state index >= 15 is 0 Å². The molecule has 0 fully saturated rings. The molecule has 5 aliphatic rings. The summed E-state index contributed by atoms with van der Waals surface area (Å²) in [5.41, 5.74) is 17.8. The smallest absolute Gasteiger partial charge is 0.156 e. The van der Waals surface area contributed by atoms with Gasteiger partial charge in [-0.3, -0.25) is 4.79 Å². The summed E-state index contributed by atoms with van der Waals surface area (Å²) in [6.45, 7) is 2.26. The average Bonchev–Trinajstić information content (AvgIpc) is 3.43. The third-order valence-electron chi connectivity index (χ3n) is 9.48. The second kappa shape index (κ2) is 6.10. The van der Waals surface area contributed by atoms with Gasteiger partial charge in [-0.05, 0) is 105 Å². The lowest BCUT2D eigenvalue weighted by Gasteiger charge is -2.40. The minimum atomic E-state index is -0.145. The van der Waals surface area contributed by atoms with Gasteiger partial charge in [-0.1, -0.05) is 77.9 Å². The van der Waals surface area contributed by atoms with Gasteiger partial charge in [0, 0.05) is 0 Å². The predicted molar refractivity (Wildman–Crippen MR) is 141 cm³/mol. The number of rotatable bonds is 0. The Morgan fingerprint density at radius 2 is 1.17 bits per heavy atom. The van der Waals surface area contributed by atoms with Crippen LogP contribution in [0.3, 0.4) is 0 Å². The van der Waals surface area contributed by atoms with Gasteiger partial charge < -0.3 is 0 Å². The predicted octanol–water partition coefficient (Wildman–Crippen LogP) is 7.03. The van der Waals surface area contributed by atoms with E-state index in [1.165, 1.54) is 83.1 Å². The van der Waals surface area contributed by atoms with E-state index in [2.05, 4.69) is 73.7 Å². The van der Waals surface area contributed by atoms with Gasteiger partial charge in [0.2, 0.25) is 0 Å². The van der Waals surface area contributed by atoms with Crippen LogP contribution in [0.15, 0.2) is 77.9 Å². The molecule has 2 unspecified atom stereocenters. The molecule has 0 amide bonds. The van der Waals surface area contributed by atoms with E-state index < -0.39 is 0 Å². The molecule has 0 bridgehead atoms. The molecular formula is C34H24O. The fraction of sp³-hybridized carbons (Fsp3) is 0.206. The van der Waals surface area contributed by atoms with Gasteiger partial charge >= 0.3 is 0 Å². The fourth-order valence-electron chi connectivity index (χ4n) is 8.24. The maximum absolute atomic E-state index is 14.9. The van der Waals surface area contributed by atoms with Crippen LogP contribution in [0.5, 0.6) is 0 Å². The average molecular weight is 449 g/mol. The zero-order valence-corrected chi connectivity index (χ0v) is 19.7. The summed E-state index contributed by atoms with van der Waals surface area (Å²) >= 11 is 0. The molecule has 0 radical (unpaired) electrons. The lowest BCUT2D eigenvalue weighted by molar-refractivity contribution is -0.119. The highest BCUT2D eigenvalue weighted by Crippen LogP contribution is 2.60. The summed E-state index contributed by atoms with van der Waals surface area (Å²) in [6.07, 6.45) is 3.93. The molecule has 0 aliphatic heterocycles. The van der Waals surface area contributed by atoms with Crippen LogP contribution < -0.4 is 0 Å². The third kappa shape index (κ3) is 2.11. The number of carbonyl (C=O) groups is 1. The number of Topliss-reactive ketones (excluding diaryl/α,β-unsaturated/α-hetero) is 1. The molecular weight excluding hydrogens is 424 g/mol. The van der Waals surface area contributed by atoms with Crippen molar-refractivity contribution < 1.29 is 4.79 Å². The quantitative estimate of drug-likeness (QED) is 0.282. The molecule has 0 heterocycles. The largest absolute Gasteiger partial charge is 0.298 e. The second-order valence-corrected chi connectivity index (χ2v) is 11.2. The Bertz CT molecular complexity index is 1760. The van der Waals surface area contributed by atoms with Crippen molar-refractivity contribution in [1.82, 2.24) is 0 Å². The van der Waals surface area contributed by atoms with Crippen LogP contribution in [0.25, 0.3) is 21.9 Å². The number of aryl methyl sites for hydroxylation is 1. The van der Waals surface area contributed by atoms with Crippen molar-refractivity contribution in [3.05, 3.63) is 128 Å². The lowest BCUT2D eigenvalue weighted by Crippen LogP contribution is -2.33. The molecule has 2 atom stereocenters. The van der Waals surface area contributed by atoms with Gasteiger partial charge in [-0.15, -0.1) is 0 Å². The minimum Gasteiger partial charge on any atom is -0.298 e. The Labute approximate surface area is 204 Å². The van der Waals surface area contributed by atoms with Crippen molar-refractivity contribution in [1.29, 1.82) is 0 Å². The summed E-state index contributed by atoms with van der Waals surface area (Å²) < 4.78 is 0. The molecule has 0 N–H and O–H groups in total. The first-order chi connectivity index (χ1) is 17.2. The van der Waals surface area contributed by atoms with Gasteiger partial charge in [-0.25, -0.2) is 0 Å². The van der Waals surface area contributed by atoms with Crippen LogP contribution >= 0.6 is 0 Å². The van der Waals surface area contributed by atoms with E-state index in [-0.39, 0.29) is 11.8 Å². The second-order valence-electron chi connectivity index (χ2n) is 11.2. The standard InChI is InChI=1S/C34H24O/c1-17-12-21-16-23-14-19-7-3-5-9-26(19)28(23)33-30(21)31-24(17)11-10-20-15-22-13-18-6-2-4-8-25(18)27(22)32(29(20)31)34(33)35/h2-12,32-33H,13-16H2,1H3. The Morgan fingerprint density at radius 1 is 0.629 bits per heavy atom. The molecule has 0 aromatic heterocycles. The van der Waals surface area contributed by atoms with E-state index in [1.54, 1.807) is 0 Å². The molecule has 0 saturated heterocycles. The molecule has 0 spiro atoms. The van der Waals surface area contributed by atoms with Crippen LogP contribution in [0.1, 0.15) is 61.9 Å². The highest BCUT2D eigenvalue weighted by Gasteiger charge is 2.49. The Hall–Kier alpha value is -3.71. The van der Waals surface area contributed by atoms with Crippen molar-refractivity contribution in [2.75, 3.05) is 0 Å². The van der Waals surface area contributed by atoms with Crippen molar-refractivity contribution in [3.8, 4) is 0 Å². The number of carbonyl (C=O) groups excluding carboxylic acids is 1. The Morgan fingerprint density at radius 3 is 1.83 bits per heavy atom. The van der Waals surface area contributed by atoms with Crippen LogP contribution in [0.2, 0.25) is 0 Å². The third-order valence-corrected chi connectivity index (χ3v) is 9.48. The summed E-state index contributed by atoms with van der Waals surface area (Å²) in [5.74, 6) is 0.116. The number of hydrogen-bond acceptors (Lipinski definition) is 1. The van der Waals surface area contributed by atoms with Crippen LogP contribution in [0, 0.1) is 6.92 Å². The zero-order valence-electron chi connectivity index (χ0n) is 19.7. The number of ketones is 1. The number of hydrogen-bond donors (Lipinski definition) is 0. The Balaban J connectivity index is 1.41. The van der Waals surface area contributed by atoms with Crippen molar-refractivity contribution in [2.45, 2.75) is 44.4 Å². The molecule has 9 rings (SSSR count). The van der Waals surface area contributed by atoms with Crippen LogP contribution in [0.4, 0.5) is 0 Å². The molecule has 4 aromatic rings. The van der Waals surface area contributed by atoms with E-state index in [0.717, 1.165) is 25.7 Å². The van der Waals surface area contributed by atoms with Gasteiger partial charge in [-0.2, -0.15) is 0 Å². The highest BCUT2D eigenvalue weighted by atomic mass is 16.1. The first kappa shape index (κ1) is 18.6. The van der Waals surface area contributed by atoms with E-state index in [4.69, 9.17) is 0 Å². The summed E-state index contributed by atoms with van der Waals surface area (Å²) in [4.78, 5) is 14.9. The number of fused-ring (bicyclic) bond motifs is 6. The highest BCUT2D eigenvalue weighted by molar-refractivity contribution is 6.19. The van der Waals surface area contributed by atoms with E-state index in [9.17, 15) is 4.79 Å². The lowest BCUT2D eigenvalue weighted by atomic mass is 9.61. The van der Waals surface area contributed by atoms with Crippen molar-refractivity contribution in [2.24, 2.45) is 0 Å².